The molecule has 1 unspecified atom stereocenters. The summed E-state index contributed by atoms with van der Waals surface area (Å²) in [7, 11) is -1.46. The molecule has 0 aliphatic rings. The lowest BCUT2D eigenvalue weighted by Gasteiger charge is -2.28. The molecule has 0 aromatic heterocycles. The van der Waals surface area contributed by atoms with Crippen LogP contribution in [-0.4, -0.2) is 46.0 Å². The summed E-state index contributed by atoms with van der Waals surface area (Å²) in [6.45, 7) is 5.88. The summed E-state index contributed by atoms with van der Waals surface area (Å²) in [5.74, 6) is 0.532. The molecule has 0 saturated carbocycles. The van der Waals surface area contributed by atoms with Crippen LogP contribution >= 0.6 is 24.0 Å². The summed E-state index contributed by atoms with van der Waals surface area (Å²) in [6, 6.07) is 5.16. The molecule has 10 heteroatoms. The van der Waals surface area contributed by atoms with Gasteiger partial charge in [-0.3, -0.25) is 4.99 Å². The van der Waals surface area contributed by atoms with Crippen LogP contribution in [0.5, 0.6) is 0 Å². The van der Waals surface area contributed by atoms with E-state index in [0.717, 1.165) is 12.1 Å². The van der Waals surface area contributed by atoms with Gasteiger partial charge in [0.05, 0.1) is 11.3 Å². The number of hydrogen-bond donors (Lipinski definition) is 2. The number of nitrogens with zero attached hydrogens (tertiary/aromatic N) is 1. The summed E-state index contributed by atoms with van der Waals surface area (Å²) in [5, 5.41) is 6.20. The molecule has 162 valence electrons. The van der Waals surface area contributed by atoms with E-state index >= 15 is 0 Å². The van der Waals surface area contributed by atoms with E-state index in [1.807, 2.05) is 20.8 Å². The molecule has 28 heavy (non-hydrogen) atoms. The van der Waals surface area contributed by atoms with Gasteiger partial charge in [-0.25, -0.2) is 8.42 Å². The third-order valence-corrected chi connectivity index (χ3v) is 5.17. The SMILES string of the molecule is CN=C(NCC(C)(C)c1cccc(C(F)(F)F)c1)NC(C)CCS(C)(=O)=O.I. The van der Waals surface area contributed by atoms with Gasteiger partial charge in [0.2, 0.25) is 0 Å². The molecule has 1 aromatic rings. The zero-order chi connectivity index (χ0) is 20.9. The number of nitrogens with one attached hydrogen (secondary N) is 2. The third-order valence-electron chi connectivity index (χ3n) is 4.20. The van der Waals surface area contributed by atoms with Crippen LogP contribution in [0, 0.1) is 0 Å². The van der Waals surface area contributed by atoms with Crippen molar-refractivity contribution in [2.45, 2.75) is 44.8 Å². The summed E-state index contributed by atoms with van der Waals surface area (Å²) in [5.41, 5.74) is -0.690. The van der Waals surface area contributed by atoms with E-state index in [-0.39, 0.29) is 35.8 Å². The molecular weight excluding hydrogens is 506 g/mol. The third kappa shape index (κ3) is 9.44. The maximum absolute atomic E-state index is 12.9. The molecule has 0 aliphatic heterocycles. The molecule has 1 rings (SSSR count). The quantitative estimate of drug-likeness (QED) is 0.318. The van der Waals surface area contributed by atoms with Crippen LogP contribution in [0.3, 0.4) is 0 Å². The first-order chi connectivity index (χ1) is 12.2. The second-order valence-corrected chi connectivity index (χ2v) is 9.61. The zero-order valence-electron chi connectivity index (χ0n) is 16.7. The number of hydrogen-bond acceptors (Lipinski definition) is 3. The Bertz CT molecular complexity index is 766. The highest BCUT2D eigenvalue weighted by atomic mass is 127. The fraction of sp³-hybridized carbons (Fsp3) is 0.611. The Labute approximate surface area is 182 Å². The minimum atomic E-state index is -4.38. The van der Waals surface area contributed by atoms with E-state index < -0.39 is 27.0 Å². The monoisotopic (exact) mass is 535 g/mol. The Morgan fingerprint density at radius 2 is 1.79 bits per heavy atom. The zero-order valence-corrected chi connectivity index (χ0v) is 19.9. The van der Waals surface area contributed by atoms with Crippen LogP contribution in [0.4, 0.5) is 13.2 Å². The molecule has 0 aliphatic carbocycles. The fourth-order valence-electron chi connectivity index (χ4n) is 2.41. The van der Waals surface area contributed by atoms with Crippen LogP contribution in [0.2, 0.25) is 0 Å². The average molecular weight is 535 g/mol. The van der Waals surface area contributed by atoms with Gasteiger partial charge in [-0.2, -0.15) is 13.2 Å². The summed E-state index contributed by atoms with van der Waals surface area (Å²) < 4.78 is 61.3. The first kappa shape index (κ1) is 27.0. The van der Waals surface area contributed by atoms with Gasteiger partial charge in [0.1, 0.15) is 9.84 Å². The smallest absolute Gasteiger partial charge is 0.356 e. The molecule has 0 fully saturated rings. The van der Waals surface area contributed by atoms with Gasteiger partial charge in [0, 0.05) is 31.3 Å². The summed E-state index contributed by atoms with van der Waals surface area (Å²) in [4.78, 5) is 4.09. The van der Waals surface area contributed by atoms with Crippen molar-refractivity contribution >= 4 is 39.8 Å². The molecule has 1 atom stereocenters. The average Bonchev–Trinajstić information content (AvgIpc) is 2.55. The lowest BCUT2D eigenvalue weighted by Crippen LogP contribution is -2.46. The van der Waals surface area contributed by atoms with Crippen molar-refractivity contribution in [2.75, 3.05) is 25.6 Å². The highest BCUT2D eigenvalue weighted by Gasteiger charge is 2.32. The number of alkyl halides is 3. The maximum atomic E-state index is 12.9. The Hall–Kier alpha value is -1.04. The minimum Gasteiger partial charge on any atom is -0.356 e. The van der Waals surface area contributed by atoms with Crippen LogP contribution < -0.4 is 10.6 Å². The highest BCUT2D eigenvalue weighted by molar-refractivity contribution is 14.0. The first-order valence-electron chi connectivity index (χ1n) is 8.57. The van der Waals surface area contributed by atoms with Crippen LogP contribution in [0.1, 0.15) is 38.3 Å². The standard InChI is InChI=1S/C18H28F3N3O2S.HI/c1-13(9-10-27(5,25)26)24-16(22-4)23-12-17(2,3)14-7-6-8-15(11-14)18(19,20)21;/h6-8,11,13H,9-10,12H2,1-5H3,(H2,22,23,24);1H. The number of benzene rings is 1. The van der Waals surface area contributed by atoms with Crippen LogP contribution in [0.25, 0.3) is 0 Å². The van der Waals surface area contributed by atoms with E-state index in [9.17, 15) is 21.6 Å². The molecule has 2 N–H and O–H groups in total. The van der Waals surface area contributed by atoms with E-state index in [1.165, 1.54) is 12.3 Å². The van der Waals surface area contributed by atoms with Gasteiger partial charge in [-0.15, -0.1) is 24.0 Å². The van der Waals surface area contributed by atoms with Gasteiger partial charge in [0.25, 0.3) is 0 Å². The number of halogens is 4. The van der Waals surface area contributed by atoms with Gasteiger partial charge < -0.3 is 10.6 Å². The predicted octanol–water partition coefficient (Wildman–Crippen LogP) is 3.59. The molecule has 0 amide bonds. The van der Waals surface area contributed by atoms with Crippen molar-refractivity contribution in [1.29, 1.82) is 0 Å². The Morgan fingerprint density at radius 1 is 1.21 bits per heavy atom. The van der Waals surface area contributed by atoms with E-state index in [1.54, 1.807) is 13.1 Å². The molecule has 0 heterocycles. The van der Waals surface area contributed by atoms with Crippen molar-refractivity contribution in [2.24, 2.45) is 4.99 Å². The van der Waals surface area contributed by atoms with Crippen LogP contribution in [0.15, 0.2) is 29.3 Å². The molecule has 5 nitrogen and oxygen atoms in total. The second kappa shape index (κ2) is 10.7. The lowest BCUT2D eigenvalue weighted by molar-refractivity contribution is -0.137. The molecule has 0 bridgehead atoms. The van der Waals surface area contributed by atoms with Crippen molar-refractivity contribution in [3.63, 3.8) is 0 Å². The van der Waals surface area contributed by atoms with Gasteiger partial charge in [-0.1, -0.05) is 32.0 Å². The van der Waals surface area contributed by atoms with Crippen LogP contribution in [-0.2, 0) is 21.4 Å². The second-order valence-electron chi connectivity index (χ2n) is 7.35. The van der Waals surface area contributed by atoms with Gasteiger partial charge >= 0.3 is 6.18 Å². The molecule has 1 aromatic carbocycles. The fourth-order valence-corrected chi connectivity index (χ4v) is 3.20. The molecule has 0 spiro atoms. The normalized spacial score (nSPS) is 14.2. The summed E-state index contributed by atoms with van der Waals surface area (Å²) >= 11 is 0. The highest BCUT2D eigenvalue weighted by Crippen LogP contribution is 2.32. The number of guanidine groups is 1. The number of sulfone groups is 1. The Kier molecular flexibility index (Phi) is 10.3. The Morgan fingerprint density at radius 3 is 2.29 bits per heavy atom. The van der Waals surface area contributed by atoms with Crippen molar-refractivity contribution in [3.05, 3.63) is 35.4 Å². The van der Waals surface area contributed by atoms with E-state index in [0.29, 0.717) is 24.5 Å². The first-order valence-corrected chi connectivity index (χ1v) is 10.6. The molecular formula is C18H29F3IN3O2S. The summed E-state index contributed by atoms with van der Waals surface area (Å²) in [6.07, 6.45) is -2.77. The van der Waals surface area contributed by atoms with Crippen molar-refractivity contribution in [1.82, 2.24) is 10.6 Å². The maximum Gasteiger partial charge on any atom is 0.416 e. The topological polar surface area (TPSA) is 70.6 Å². The number of aliphatic imine (C=N–C) groups is 1. The van der Waals surface area contributed by atoms with Gasteiger partial charge in [-0.05, 0) is 25.0 Å². The lowest BCUT2D eigenvalue weighted by atomic mass is 9.84. The molecule has 0 radical (unpaired) electrons. The minimum absolute atomic E-state index is 0. The van der Waals surface area contributed by atoms with Crippen molar-refractivity contribution in [3.8, 4) is 0 Å². The largest absolute Gasteiger partial charge is 0.416 e. The van der Waals surface area contributed by atoms with Crippen molar-refractivity contribution < 1.29 is 21.6 Å². The Balaban J connectivity index is 0.00000729. The van der Waals surface area contributed by atoms with Gasteiger partial charge in [0.15, 0.2) is 5.96 Å². The number of rotatable bonds is 7. The van der Waals surface area contributed by atoms with E-state index in [4.69, 9.17) is 0 Å². The molecule has 0 saturated heterocycles. The predicted molar refractivity (Wildman–Crippen MR) is 118 cm³/mol. The van der Waals surface area contributed by atoms with E-state index in [2.05, 4.69) is 15.6 Å².